The van der Waals surface area contributed by atoms with Crippen LogP contribution in [0.5, 0.6) is 0 Å². The SMILES string of the molecule is Cc1cc(C(=O)C2CCC(C(=O)O)C2)sc1Br. The summed E-state index contributed by atoms with van der Waals surface area (Å²) < 4.78 is 0.980. The molecular weight excluding hydrogens is 304 g/mol. The summed E-state index contributed by atoms with van der Waals surface area (Å²) in [7, 11) is 0. The Morgan fingerprint density at radius 2 is 2.06 bits per heavy atom. The van der Waals surface area contributed by atoms with Gasteiger partial charge in [0.15, 0.2) is 5.78 Å². The van der Waals surface area contributed by atoms with Gasteiger partial charge in [-0.1, -0.05) is 0 Å². The van der Waals surface area contributed by atoms with E-state index in [0.717, 1.165) is 14.2 Å². The van der Waals surface area contributed by atoms with Crippen molar-refractivity contribution in [2.75, 3.05) is 0 Å². The number of ketones is 1. The predicted molar refractivity (Wildman–Crippen MR) is 69.6 cm³/mol. The van der Waals surface area contributed by atoms with E-state index >= 15 is 0 Å². The Balaban J connectivity index is 2.09. The van der Waals surface area contributed by atoms with Crippen LogP contribution in [0.4, 0.5) is 0 Å². The summed E-state index contributed by atoms with van der Waals surface area (Å²) in [5.41, 5.74) is 1.06. The number of thiophene rings is 1. The van der Waals surface area contributed by atoms with Crippen LogP contribution in [0.2, 0.25) is 0 Å². The number of hydrogen-bond donors (Lipinski definition) is 1. The zero-order valence-electron chi connectivity index (χ0n) is 9.40. The molecule has 0 spiro atoms. The molecule has 1 fully saturated rings. The fraction of sp³-hybridized carbons (Fsp3) is 0.500. The minimum atomic E-state index is -0.774. The lowest BCUT2D eigenvalue weighted by Crippen LogP contribution is -2.13. The Kier molecular flexibility index (Phi) is 3.68. The van der Waals surface area contributed by atoms with Crippen molar-refractivity contribution >= 4 is 39.0 Å². The van der Waals surface area contributed by atoms with E-state index < -0.39 is 5.97 Å². The van der Waals surface area contributed by atoms with Gasteiger partial charge in [0, 0.05) is 5.92 Å². The number of rotatable bonds is 3. The van der Waals surface area contributed by atoms with Crippen LogP contribution < -0.4 is 0 Å². The molecule has 1 aromatic heterocycles. The molecule has 17 heavy (non-hydrogen) atoms. The molecule has 1 aromatic rings. The molecule has 1 aliphatic rings. The normalized spacial score (nSPS) is 23.9. The van der Waals surface area contributed by atoms with Crippen LogP contribution in [-0.4, -0.2) is 16.9 Å². The molecule has 1 aliphatic carbocycles. The molecule has 0 aliphatic heterocycles. The van der Waals surface area contributed by atoms with Gasteiger partial charge in [-0.15, -0.1) is 11.3 Å². The smallest absolute Gasteiger partial charge is 0.306 e. The fourth-order valence-electron chi connectivity index (χ4n) is 2.23. The van der Waals surface area contributed by atoms with Crippen molar-refractivity contribution in [3.63, 3.8) is 0 Å². The van der Waals surface area contributed by atoms with E-state index in [1.807, 2.05) is 13.0 Å². The Morgan fingerprint density at radius 1 is 1.41 bits per heavy atom. The largest absolute Gasteiger partial charge is 0.481 e. The van der Waals surface area contributed by atoms with Crippen LogP contribution in [0.25, 0.3) is 0 Å². The zero-order valence-corrected chi connectivity index (χ0v) is 11.8. The second-order valence-electron chi connectivity index (χ2n) is 4.48. The van der Waals surface area contributed by atoms with Crippen molar-refractivity contribution in [1.82, 2.24) is 0 Å². The van der Waals surface area contributed by atoms with E-state index in [0.29, 0.717) is 19.3 Å². The lowest BCUT2D eigenvalue weighted by molar-refractivity contribution is -0.141. The van der Waals surface area contributed by atoms with Gasteiger partial charge in [-0.2, -0.15) is 0 Å². The Labute approximate surface area is 112 Å². The molecule has 92 valence electrons. The quantitative estimate of drug-likeness (QED) is 0.868. The third-order valence-electron chi connectivity index (χ3n) is 3.25. The van der Waals surface area contributed by atoms with Gasteiger partial charge in [0.05, 0.1) is 14.6 Å². The van der Waals surface area contributed by atoms with Crippen molar-refractivity contribution in [2.24, 2.45) is 11.8 Å². The number of aliphatic carboxylic acids is 1. The predicted octanol–water partition coefficient (Wildman–Crippen LogP) is 3.50. The van der Waals surface area contributed by atoms with Crippen molar-refractivity contribution in [3.8, 4) is 0 Å². The average molecular weight is 317 g/mol. The highest BCUT2D eigenvalue weighted by Crippen LogP contribution is 2.36. The summed E-state index contributed by atoms with van der Waals surface area (Å²) in [4.78, 5) is 23.8. The Morgan fingerprint density at radius 3 is 2.53 bits per heavy atom. The molecule has 2 unspecified atom stereocenters. The molecule has 0 bridgehead atoms. The molecule has 5 heteroatoms. The van der Waals surface area contributed by atoms with Crippen LogP contribution in [0.15, 0.2) is 9.85 Å². The third-order valence-corrected chi connectivity index (χ3v) is 5.40. The number of carbonyl (C=O) groups excluding carboxylic acids is 1. The van der Waals surface area contributed by atoms with E-state index in [-0.39, 0.29) is 17.6 Å². The minimum Gasteiger partial charge on any atom is -0.481 e. The maximum Gasteiger partial charge on any atom is 0.306 e. The molecular formula is C12H13BrO3S. The van der Waals surface area contributed by atoms with E-state index in [4.69, 9.17) is 5.11 Å². The Bertz CT molecular complexity index is 447. The van der Waals surface area contributed by atoms with Gasteiger partial charge >= 0.3 is 5.97 Å². The summed E-state index contributed by atoms with van der Waals surface area (Å²) in [5, 5.41) is 8.92. The fourth-order valence-corrected chi connectivity index (χ4v) is 3.78. The highest BCUT2D eigenvalue weighted by molar-refractivity contribution is 9.11. The number of carbonyl (C=O) groups is 2. The molecule has 0 radical (unpaired) electrons. The van der Waals surface area contributed by atoms with Crippen LogP contribution in [-0.2, 0) is 4.79 Å². The van der Waals surface area contributed by atoms with Gasteiger partial charge in [0.2, 0.25) is 0 Å². The molecule has 3 nitrogen and oxygen atoms in total. The summed E-state index contributed by atoms with van der Waals surface area (Å²) in [6.07, 6.45) is 1.81. The maximum atomic E-state index is 12.2. The van der Waals surface area contributed by atoms with Crippen molar-refractivity contribution < 1.29 is 14.7 Å². The van der Waals surface area contributed by atoms with Crippen molar-refractivity contribution in [3.05, 3.63) is 20.3 Å². The number of halogens is 1. The minimum absolute atomic E-state index is 0.104. The standard InChI is InChI=1S/C12H13BrO3S/c1-6-4-9(17-11(6)13)10(14)7-2-3-8(5-7)12(15)16/h4,7-8H,2-3,5H2,1H3,(H,15,16). The number of hydrogen-bond acceptors (Lipinski definition) is 3. The van der Waals surface area contributed by atoms with E-state index in [1.165, 1.54) is 11.3 Å². The highest BCUT2D eigenvalue weighted by Gasteiger charge is 2.34. The number of Topliss-reactive ketones (excluding diaryl/α,β-unsaturated/α-hetero) is 1. The number of carboxylic acids is 1. The number of aryl methyl sites for hydroxylation is 1. The Hall–Kier alpha value is -0.680. The van der Waals surface area contributed by atoms with Crippen LogP contribution >= 0.6 is 27.3 Å². The maximum absolute atomic E-state index is 12.2. The first kappa shape index (κ1) is 12.8. The first-order valence-electron chi connectivity index (χ1n) is 5.52. The third kappa shape index (κ3) is 2.60. The van der Waals surface area contributed by atoms with Gasteiger partial charge < -0.3 is 5.11 Å². The van der Waals surface area contributed by atoms with Crippen LogP contribution in [0.3, 0.4) is 0 Å². The van der Waals surface area contributed by atoms with Crippen molar-refractivity contribution in [1.29, 1.82) is 0 Å². The summed E-state index contributed by atoms with van der Waals surface area (Å²) in [6, 6.07) is 1.88. The lowest BCUT2D eigenvalue weighted by atomic mass is 9.99. The number of carboxylic acid groups (broad SMARTS) is 1. The molecule has 1 N–H and O–H groups in total. The van der Waals surface area contributed by atoms with Crippen LogP contribution in [0.1, 0.15) is 34.5 Å². The highest BCUT2D eigenvalue weighted by atomic mass is 79.9. The van der Waals surface area contributed by atoms with Crippen LogP contribution in [0, 0.1) is 18.8 Å². The summed E-state index contributed by atoms with van der Waals surface area (Å²) in [6.45, 7) is 1.95. The monoisotopic (exact) mass is 316 g/mol. The lowest BCUT2D eigenvalue weighted by Gasteiger charge is -2.06. The summed E-state index contributed by atoms with van der Waals surface area (Å²) >= 11 is 4.84. The average Bonchev–Trinajstić information content (AvgIpc) is 2.86. The van der Waals surface area contributed by atoms with E-state index in [2.05, 4.69) is 15.9 Å². The molecule has 0 aromatic carbocycles. The molecule has 0 saturated heterocycles. The van der Waals surface area contributed by atoms with Gasteiger partial charge in [-0.25, -0.2) is 0 Å². The van der Waals surface area contributed by atoms with E-state index in [1.54, 1.807) is 0 Å². The molecule has 2 atom stereocenters. The van der Waals surface area contributed by atoms with Gasteiger partial charge in [0.1, 0.15) is 0 Å². The molecule has 1 saturated carbocycles. The molecule has 2 rings (SSSR count). The first-order valence-corrected chi connectivity index (χ1v) is 7.13. The second-order valence-corrected chi connectivity index (χ2v) is 6.85. The molecule has 1 heterocycles. The zero-order chi connectivity index (χ0) is 12.6. The first-order chi connectivity index (χ1) is 7.99. The van der Waals surface area contributed by atoms with Gasteiger partial charge in [-0.3, -0.25) is 9.59 Å². The van der Waals surface area contributed by atoms with E-state index in [9.17, 15) is 9.59 Å². The second kappa shape index (κ2) is 4.90. The van der Waals surface area contributed by atoms with Crippen molar-refractivity contribution in [2.45, 2.75) is 26.2 Å². The van der Waals surface area contributed by atoms with Gasteiger partial charge in [-0.05, 0) is 53.7 Å². The van der Waals surface area contributed by atoms with Gasteiger partial charge in [0.25, 0.3) is 0 Å². The summed E-state index contributed by atoms with van der Waals surface area (Å²) in [5.74, 6) is -1.12. The molecule has 0 amide bonds. The topological polar surface area (TPSA) is 54.4 Å².